The van der Waals surface area contributed by atoms with E-state index < -0.39 is 0 Å². The molecule has 0 aromatic rings. The number of hydrogen-bond donors (Lipinski definition) is 1. The van der Waals surface area contributed by atoms with Crippen LogP contribution in [-0.4, -0.2) is 37.1 Å². The van der Waals surface area contributed by atoms with Crippen molar-refractivity contribution in [2.24, 2.45) is 11.3 Å². The van der Waals surface area contributed by atoms with Gasteiger partial charge in [0.05, 0.1) is 0 Å². The molecule has 1 N–H and O–H groups in total. The summed E-state index contributed by atoms with van der Waals surface area (Å²) < 4.78 is 0. The third-order valence-corrected chi connectivity index (χ3v) is 4.50. The fraction of sp³-hybridized carbons (Fsp3) is 1.00. The first-order valence-electron chi connectivity index (χ1n) is 6.91. The van der Waals surface area contributed by atoms with Crippen molar-refractivity contribution in [1.82, 2.24) is 10.2 Å². The van der Waals surface area contributed by atoms with Crippen molar-refractivity contribution in [2.75, 3.05) is 20.1 Å². The van der Waals surface area contributed by atoms with Crippen LogP contribution in [0.1, 0.15) is 46.5 Å². The number of hydrogen-bond acceptors (Lipinski definition) is 2. The molecule has 0 spiro atoms. The van der Waals surface area contributed by atoms with Crippen molar-refractivity contribution >= 4 is 0 Å². The summed E-state index contributed by atoms with van der Waals surface area (Å²) in [4.78, 5) is 2.44. The van der Waals surface area contributed by atoms with Crippen LogP contribution in [0.3, 0.4) is 0 Å². The van der Waals surface area contributed by atoms with Gasteiger partial charge in [0, 0.05) is 12.1 Å². The average Bonchev–Trinajstić information content (AvgIpc) is 2.44. The number of rotatable bonds is 2. The molecule has 1 saturated carbocycles. The van der Waals surface area contributed by atoms with Crippen molar-refractivity contribution in [1.29, 1.82) is 0 Å². The minimum absolute atomic E-state index is 0.558. The lowest BCUT2D eigenvalue weighted by molar-refractivity contribution is 0.216. The summed E-state index contributed by atoms with van der Waals surface area (Å²) in [5.74, 6) is 0.856. The Morgan fingerprint density at radius 1 is 1.12 bits per heavy atom. The zero-order valence-corrected chi connectivity index (χ0v) is 11.4. The van der Waals surface area contributed by atoms with Crippen LogP contribution in [-0.2, 0) is 0 Å². The Morgan fingerprint density at radius 3 is 2.25 bits per heavy atom. The molecule has 0 amide bonds. The molecule has 2 aliphatic rings. The molecule has 2 nitrogen and oxygen atoms in total. The zero-order valence-electron chi connectivity index (χ0n) is 11.4. The largest absolute Gasteiger partial charge is 0.311 e. The van der Waals surface area contributed by atoms with Gasteiger partial charge in [-0.1, -0.05) is 20.8 Å². The molecule has 1 aliphatic carbocycles. The normalized spacial score (nSPS) is 36.8. The molecule has 0 radical (unpaired) electrons. The van der Waals surface area contributed by atoms with Crippen LogP contribution >= 0.6 is 0 Å². The fourth-order valence-electron chi connectivity index (χ4n) is 3.59. The van der Waals surface area contributed by atoms with Crippen LogP contribution < -0.4 is 5.32 Å². The predicted molar refractivity (Wildman–Crippen MR) is 69.6 cm³/mol. The maximum Gasteiger partial charge on any atom is 0.0101 e. The first-order chi connectivity index (χ1) is 7.46. The third-order valence-electron chi connectivity index (χ3n) is 4.50. The first-order valence-corrected chi connectivity index (χ1v) is 6.91. The van der Waals surface area contributed by atoms with Gasteiger partial charge in [0.2, 0.25) is 0 Å². The summed E-state index contributed by atoms with van der Waals surface area (Å²) in [7, 11) is 2.23. The van der Waals surface area contributed by atoms with E-state index in [9.17, 15) is 0 Å². The Bertz CT molecular complexity index is 229. The minimum atomic E-state index is 0.558. The van der Waals surface area contributed by atoms with E-state index in [0.29, 0.717) is 5.41 Å². The van der Waals surface area contributed by atoms with E-state index in [1.54, 1.807) is 0 Å². The van der Waals surface area contributed by atoms with Crippen LogP contribution in [0, 0.1) is 11.3 Å². The summed E-state index contributed by atoms with van der Waals surface area (Å²) in [6.07, 6.45) is 5.41. The smallest absolute Gasteiger partial charge is 0.0101 e. The Hall–Kier alpha value is -0.0800. The Kier molecular flexibility index (Phi) is 3.60. The summed E-state index contributed by atoms with van der Waals surface area (Å²) in [6, 6.07) is 1.54. The number of nitrogens with zero attached hydrogens (tertiary/aromatic N) is 1. The monoisotopic (exact) mass is 224 g/mol. The van der Waals surface area contributed by atoms with Gasteiger partial charge in [-0.05, 0) is 57.2 Å². The molecule has 16 heavy (non-hydrogen) atoms. The Balaban J connectivity index is 1.82. The summed E-state index contributed by atoms with van der Waals surface area (Å²) in [6.45, 7) is 9.78. The average molecular weight is 224 g/mol. The van der Waals surface area contributed by atoms with Gasteiger partial charge in [0.1, 0.15) is 0 Å². The summed E-state index contributed by atoms with van der Waals surface area (Å²) >= 11 is 0. The van der Waals surface area contributed by atoms with E-state index in [0.717, 1.165) is 18.0 Å². The molecule has 0 aromatic carbocycles. The molecule has 1 heterocycles. The zero-order chi connectivity index (χ0) is 11.8. The van der Waals surface area contributed by atoms with Crippen molar-refractivity contribution in [3.05, 3.63) is 0 Å². The van der Waals surface area contributed by atoms with Gasteiger partial charge in [-0.25, -0.2) is 0 Å². The van der Waals surface area contributed by atoms with Gasteiger partial charge in [-0.15, -0.1) is 0 Å². The van der Waals surface area contributed by atoms with Gasteiger partial charge in [0.15, 0.2) is 0 Å². The molecule has 2 fully saturated rings. The molecule has 94 valence electrons. The van der Waals surface area contributed by atoms with Crippen molar-refractivity contribution in [2.45, 2.75) is 58.5 Å². The number of piperidine rings is 1. The van der Waals surface area contributed by atoms with Crippen LogP contribution in [0.4, 0.5) is 0 Å². The highest BCUT2D eigenvalue weighted by Gasteiger charge is 2.37. The van der Waals surface area contributed by atoms with E-state index >= 15 is 0 Å². The topological polar surface area (TPSA) is 15.3 Å². The summed E-state index contributed by atoms with van der Waals surface area (Å²) in [5, 5.41) is 3.92. The molecule has 1 aliphatic heterocycles. The minimum Gasteiger partial charge on any atom is -0.311 e. The maximum absolute atomic E-state index is 3.92. The molecule has 1 saturated heterocycles. The van der Waals surface area contributed by atoms with Crippen LogP contribution in [0.15, 0.2) is 0 Å². The van der Waals surface area contributed by atoms with E-state index in [1.165, 1.54) is 38.8 Å². The number of likely N-dealkylation sites (tertiary alicyclic amines) is 1. The Labute approximate surface area is 101 Å². The standard InChI is InChI=1S/C14H28N2/c1-11-9-14(2,3)10-13(11)15-12-5-7-16(4)8-6-12/h11-13,15H,5-10H2,1-4H3. The van der Waals surface area contributed by atoms with Gasteiger partial charge in [0.25, 0.3) is 0 Å². The highest BCUT2D eigenvalue weighted by molar-refractivity contribution is 4.93. The molecular formula is C14H28N2. The lowest BCUT2D eigenvalue weighted by Crippen LogP contribution is -2.46. The highest BCUT2D eigenvalue weighted by atomic mass is 15.1. The Morgan fingerprint density at radius 2 is 1.75 bits per heavy atom. The fourth-order valence-corrected chi connectivity index (χ4v) is 3.59. The van der Waals surface area contributed by atoms with Gasteiger partial charge in [-0.2, -0.15) is 0 Å². The lowest BCUT2D eigenvalue weighted by Gasteiger charge is -2.33. The molecule has 0 bridgehead atoms. The van der Waals surface area contributed by atoms with Crippen LogP contribution in [0.2, 0.25) is 0 Å². The third kappa shape index (κ3) is 2.98. The SMILES string of the molecule is CC1CC(C)(C)CC1NC1CCN(C)CC1. The predicted octanol–water partition coefficient (Wildman–Crippen LogP) is 2.49. The highest BCUT2D eigenvalue weighted by Crippen LogP contribution is 2.41. The lowest BCUT2D eigenvalue weighted by atomic mass is 9.91. The van der Waals surface area contributed by atoms with Crippen LogP contribution in [0.25, 0.3) is 0 Å². The van der Waals surface area contributed by atoms with Gasteiger partial charge in [-0.3, -0.25) is 0 Å². The van der Waals surface area contributed by atoms with E-state index in [1.807, 2.05) is 0 Å². The molecule has 2 heteroatoms. The van der Waals surface area contributed by atoms with E-state index in [-0.39, 0.29) is 0 Å². The second-order valence-electron chi connectivity index (χ2n) is 6.90. The molecule has 2 rings (SSSR count). The van der Waals surface area contributed by atoms with Crippen molar-refractivity contribution in [3.63, 3.8) is 0 Å². The quantitative estimate of drug-likeness (QED) is 0.775. The number of nitrogens with one attached hydrogen (secondary N) is 1. The maximum atomic E-state index is 3.92. The van der Waals surface area contributed by atoms with E-state index in [4.69, 9.17) is 0 Å². The van der Waals surface area contributed by atoms with Crippen molar-refractivity contribution < 1.29 is 0 Å². The first kappa shape index (κ1) is 12.4. The van der Waals surface area contributed by atoms with Gasteiger partial charge >= 0.3 is 0 Å². The van der Waals surface area contributed by atoms with Gasteiger partial charge < -0.3 is 10.2 Å². The van der Waals surface area contributed by atoms with E-state index in [2.05, 4.69) is 38.0 Å². The van der Waals surface area contributed by atoms with Crippen LogP contribution in [0.5, 0.6) is 0 Å². The second kappa shape index (κ2) is 4.66. The molecular weight excluding hydrogens is 196 g/mol. The second-order valence-corrected chi connectivity index (χ2v) is 6.90. The molecule has 2 atom stereocenters. The molecule has 0 aromatic heterocycles. The van der Waals surface area contributed by atoms with Crippen molar-refractivity contribution in [3.8, 4) is 0 Å². The molecule has 2 unspecified atom stereocenters. The summed E-state index contributed by atoms with van der Waals surface area (Å²) in [5.41, 5.74) is 0.558.